The first-order valence-corrected chi connectivity index (χ1v) is 10.2. The number of carbonyl (C=O) groups excluding carboxylic acids is 1. The van der Waals surface area contributed by atoms with Crippen LogP contribution in [-0.4, -0.2) is 35.4 Å². The molecule has 1 aliphatic rings. The first kappa shape index (κ1) is 26.3. The SMILES string of the molecule is CC(CC(=O)N(CCc1ccccn1)Cc1ccc(F)cc1)C1CCCNC1.Cl.Cl. The van der Waals surface area contributed by atoms with E-state index in [1.54, 1.807) is 18.3 Å². The van der Waals surface area contributed by atoms with Crippen molar-refractivity contribution in [1.82, 2.24) is 15.2 Å². The van der Waals surface area contributed by atoms with Crippen LogP contribution < -0.4 is 5.32 Å². The van der Waals surface area contributed by atoms with Crippen molar-refractivity contribution in [2.24, 2.45) is 11.8 Å². The molecule has 1 aromatic heterocycles. The van der Waals surface area contributed by atoms with E-state index < -0.39 is 0 Å². The quantitative estimate of drug-likeness (QED) is 0.629. The lowest BCUT2D eigenvalue weighted by molar-refractivity contribution is -0.133. The van der Waals surface area contributed by atoms with Crippen LogP contribution in [0.4, 0.5) is 4.39 Å². The van der Waals surface area contributed by atoms with Crippen molar-refractivity contribution in [3.8, 4) is 0 Å². The fraction of sp³-hybridized carbons (Fsp3) is 0.478. The van der Waals surface area contributed by atoms with Gasteiger partial charge in [0.15, 0.2) is 0 Å². The summed E-state index contributed by atoms with van der Waals surface area (Å²) in [6.07, 6.45) is 5.41. The first-order valence-electron chi connectivity index (χ1n) is 10.2. The summed E-state index contributed by atoms with van der Waals surface area (Å²) in [5, 5.41) is 3.44. The van der Waals surface area contributed by atoms with E-state index in [-0.39, 0.29) is 36.5 Å². The first-order chi connectivity index (χ1) is 13.6. The molecule has 2 heterocycles. The molecule has 0 aliphatic carbocycles. The Hall–Kier alpha value is -1.69. The van der Waals surface area contributed by atoms with Crippen molar-refractivity contribution in [3.05, 3.63) is 65.7 Å². The molecule has 7 heteroatoms. The zero-order valence-corrected chi connectivity index (χ0v) is 19.1. The minimum Gasteiger partial charge on any atom is -0.338 e. The van der Waals surface area contributed by atoms with Gasteiger partial charge in [0.1, 0.15) is 5.82 Å². The lowest BCUT2D eigenvalue weighted by Crippen LogP contribution is -2.37. The molecular formula is C23H32Cl2FN3O. The van der Waals surface area contributed by atoms with Crippen LogP contribution in [0.2, 0.25) is 0 Å². The molecule has 1 amide bonds. The summed E-state index contributed by atoms with van der Waals surface area (Å²) in [4.78, 5) is 19.4. The lowest BCUT2D eigenvalue weighted by atomic mass is 9.85. The summed E-state index contributed by atoms with van der Waals surface area (Å²) >= 11 is 0. The molecule has 30 heavy (non-hydrogen) atoms. The van der Waals surface area contributed by atoms with Gasteiger partial charge < -0.3 is 10.2 Å². The highest BCUT2D eigenvalue weighted by Crippen LogP contribution is 2.23. The van der Waals surface area contributed by atoms with Crippen LogP contribution in [0.1, 0.15) is 37.4 Å². The van der Waals surface area contributed by atoms with E-state index in [4.69, 9.17) is 0 Å². The molecule has 1 N–H and O–H groups in total. The van der Waals surface area contributed by atoms with Crippen LogP contribution in [0.3, 0.4) is 0 Å². The van der Waals surface area contributed by atoms with Crippen molar-refractivity contribution in [2.75, 3.05) is 19.6 Å². The van der Waals surface area contributed by atoms with Crippen molar-refractivity contribution in [2.45, 2.75) is 39.2 Å². The molecular weight excluding hydrogens is 424 g/mol. The van der Waals surface area contributed by atoms with Crippen LogP contribution in [0.15, 0.2) is 48.7 Å². The predicted octanol–water partition coefficient (Wildman–Crippen LogP) is 4.66. The molecule has 0 saturated carbocycles. The third kappa shape index (κ3) is 8.21. The van der Waals surface area contributed by atoms with Gasteiger partial charge in [-0.15, -0.1) is 24.8 Å². The number of nitrogens with zero attached hydrogens (tertiary/aromatic N) is 2. The fourth-order valence-corrected chi connectivity index (χ4v) is 3.83. The predicted molar refractivity (Wildman–Crippen MR) is 124 cm³/mol. The van der Waals surface area contributed by atoms with E-state index in [1.807, 2.05) is 23.1 Å². The van der Waals surface area contributed by atoms with E-state index in [0.29, 0.717) is 37.8 Å². The maximum absolute atomic E-state index is 13.2. The van der Waals surface area contributed by atoms with Gasteiger partial charge in [-0.05, 0) is 67.6 Å². The van der Waals surface area contributed by atoms with Crippen LogP contribution in [0.5, 0.6) is 0 Å². The zero-order chi connectivity index (χ0) is 19.8. The number of carbonyl (C=O) groups is 1. The Morgan fingerprint density at radius 3 is 2.63 bits per heavy atom. The Kier molecular flexibility index (Phi) is 11.9. The number of pyridine rings is 1. The second-order valence-corrected chi connectivity index (χ2v) is 7.80. The summed E-state index contributed by atoms with van der Waals surface area (Å²) < 4.78 is 13.2. The lowest BCUT2D eigenvalue weighted by Gasteiger charge is -2.30. The molecule has 1 saturated heterocycles. The Morgan fingerprint density at radius 1 is 1.23 bits per heavy atom. The summed E-state index contributed by atoms with van der Waals surface area (Å²) in [7, 11) is 0. The second-order valence-electron chi connectivity index (χ2n) is 7.80. The number of hydrogen-bond donors (Lipinski definition) is 1. The molecule has 0 spiro atoms. The van der Waals surface area contributed by atoms with Gasteiger partial charge in [-0.25, -0.2) is 4.39 Å². The minimum atomic E-state index is -0.256. The van der Waals surface area contributed by atoms with Gasteiger partial charge in [-0.2, -0.15) is 0 Å². The van der Waals surface area contributed by atoms with E-state index in [9.17, 15) is 9.18 Å². The van der Waals surface area contributed by atoms with Crippen LogP contribution in [-0.2, 0) is 17.8 Å². The average molecular weight is 456 g/mol. The summed E-state index contributed by atoms with van der Waals surface area (Å²) in [6.45, 7) is 5.38. The number of amides is 1. The largest absolute Gasteiger partial charge is 0.338 e. The smallest absolute Gasteiger partial charge is 0.223 e. The molecule has 0 bridgehead atoms. The molecule has 0 radical (unpaired) electrons. The van der Waals surface area contributed by atoms with Crippen molar-refractivity contribution < 1.29 is 9.18 Å². The Balaban J connectivity index is 0.00000225. The Labute approximate surface area is 191 Å². The third-order valence-corrected chi connectivity index (χ3v) is 5.64. The standard InChI is InChI=1S/C23H30FN3O.2ClH/c1-18(20-5-4-12-25-16-20)15-23(28)27(14-11-22-6-2-3-13-26-22)17-19-7-9-21(24)10-8-19;;/h2-3,6-10,13,18,20,25H,4-5,11-12,14-17H2,1H3;2*1H. The van der Waals surface area contributed by atoms with Gasteiger partial charge in [0.25, 0.3) is 0 Å². The highest BCUT2D eigenvalue weighted by atomic mass is 35.5. The molecule has 1 aliphatic heterocycles. The third-order valence-electron chi connectivity index (χ3n) is 5.64. The van der Waals surface area contributed by atoms with Gasteiger partial charge in [-0.1, -0.05) is 25.1 Å². The number of nitrogens with one attached hydrogen (secondary N) is 1. The highest BCUT2D eigenvalue weighted by Gasteiger charge is 2.24. The molecule has 2 unspecified atom stereocenters. The summed E-state index contributed by atoms with van der Waals surface area (Å²) in [6, 6.07) is 12.3. The van der Waals surface area contributed by atoms with Gasteiger partial charge >= 0.3 is 0 Å². The maximum atomic E-state index is 13.2. The topological polar surface area (TPSA) is 45.2 Å². The van der Waals surface area contributed by atoms with Crippen LogP contribution in [0.25, 0.3) is 0 Å². The summed E-state index contributed by atoms with van der Waals surface area (Å²) in [5.41, 5.74) is 1.92. The minimum absolute atomic E-state index is 0. The van der Waals surface area contributed by atoms with Gasteiger partial charge in [-0.3, -0.25) is 9.78 Å². The number of aromatic nitrogens is 1. The number of piperidine rings is 1. The molecule has 1 aromatic carbocycles. The Bertz CT molecular complexity index is 740. The molecule has 3 rings (SSSR count). The molecule has 1 fully saturated rings. The number of hydrogen-bond acceptors (Lipinski definition) is 3. The zero-order valence-electron chi connectivity index (χ0n) is 17.4. The van der Waals surface area contributed by atoms with Gasteiger partial charge in [0.2, 0.25) is 5.91 Å². The monoisotopic (exact) mass is 455 g/mol. The highest BCUT2D eigenvalue weighted by molar-refractivity contribution is 5.85. The number of benzene rings is 1. The average Bonchev–Trinajstić information content (AvgIpc) is 2.73. The van der Waals surface area contributed by atoms with E-state index in [1.165, 1.54) is 25.0 Å². The Morgan fingerprint density at radius 2 is 2.00 bits per heavy atom. The number of rotatable bonds is 8. The van der Waals surface area contributed by atoms with Crippen molar-refractivity contribution in [1.29, 1.82) is 0 Å². The maximum Gasteiger partial charge on any atom is 0.223 e. The van der Waals surface area contributed by atoms with Gasteiger partial charge in [0.05, 0.1) is 0 Å². The van der Waals surface area contributed by atoms with Crippen LogP contribution in [0, 0.1) is 17.7 Å². The van der Waals surface area contributed by atoms with E-state index >= 15 is 0 Å². The van der Waals surface area contributed by atoms with Crippen LogP contribution >= 0.6 is 24.8 Å². The molecule has 4 nitrogen and oxygen atoms in total. The van der Waals surface area contributed by atoms with Crippen molar-refractivity contribution >= 4 is 30.7 Å². The van der Waals surface area contributed by atoms with E-state index in [0.717, 1.165) is 24.3 Å². The van der Waals surface area contributed by atoms with E-state index in [2.05, 4.69) is 17.2 Å². The second kappa shape index (κ2) is 13.6. The summed E-state index contributed by atoms with van der Waals surface area (Å²) in [5.74, 6) is 0.818. The fourth-order valence-electron chi connectivity index (χ4n) is 3.83. The molecule has 2 atom stereocenters. The molecule has 2 aromatic rings. The van der Waals surface area contributed by atoms with Gasteiger partial charge in [0, 0.05) is 37.8 Å². The molecule has 166 valence electrons. The van der Waals surface area contributed by atoms with Crippen molar-refractivity contribution in [3.63, 3.8) is 0 Å². The normalized spacial score (nSPS) is 16.7. The number of halogens is 3.